The number of morpholine rings is 2. The van der Waals surface area contributed by atoms with Crippen molar-refractivity contribution in [3.63, 3.8) is 0 Å². The van der Waals surface area contributed by atoms with Gasteiger partial charge in [-0.25, -0.2) is 0 Å². The van der Waals surface area contributed by atoms with Crippen LogP contribution in [-0.4, -0.2) is 82.1 Å². The summed E-state index contributed by atoms with van der Waals surface area (Å²) in [6.07, 6.45) is 3.77. The van der Waals surface area contributed by atoms with Gasteiger partial charge in [0, 0.05) is 38.6 Å². The maximum absolute atomic E-state index is 5.54. The predicted octanol–water partition coefficient (Wildman–Crippen LogP) is 1.36. The van der Waals surface area contributed by atoms with Crippen molar-refractivity contribution in [2.24, 2.45) is 0 Å². The van der Waals surface area contributed by atoms with Gasteiger partial charge < -0.3 is 24.3 Å². The molecule has 2 aliphatic heterocycles. The first-order valence-electron chi connectivity index (χ1n) is 10.2. The lowest BCUT2D eigenvalue weighted by molar-refractivity contribution is 0.121. The Hall–Kier alpha value is -3.24. The summed E-state index contributed by atoms with van der Waals surface area (Å²) in [6.45, 7) is 5.88. The molecule has 6 heterocycles. The third kappa shape index (κ3) is 2.96. The number of hydrogen-bond donors (Lipinski definition) is 1. The average molecular weight is 406 g/mol. The second-order valence-electron chi connectivity index (χ2n) is 7.40. The molecule has 0 aromatic carbocycles. The Morgan fingerprint density at radius 3 is 2.43 bits per heavy atom. The second-order valence-corrected chi connectivity index (χ2v) is 7.40. The number of pyridine rings is 1. The quantitative estimate of drug-likeness (QED) is 0.545. The van der Waals surface area contributed by atoms with Crippen molar-refractivity contribution in [3.05, 3.63) is 30.6 Å². The Labute approximate surface area is 172 Å². The second kappa shape index (κ2) is 7.22. The molecule has 6 rings (SSSR count). The van der Waals surface area contributed by atoms with Gasteiger partial charge in [0.25, 0.3) is 0 Å². The summed E-state index contributed by atoms with van der Waals surface area (Å²) in [5.41, 5.74) is 3.42. The smallest absolute Gasteiger partial charge is 0.229 e. The minimum Gasteiger partial charge on any atom is -0.378 e. The van der Waals surface area contributed by atoms with Crippen LogP contribution in [0.15, 0.2) is 30.6 Å². The normalized spacial score (nSPS) is 17.9. The molecule has 2 aliphatic rings. The van der Waals surface area contributed by atoms with E-state index >= 15 is 0 Å². The summed E-state index contributed by atoms with van der Waals surface area (Å²) in [7, 11) is 0. The Morgan fingerprint density at radius 1 is 0.867 bits per heavy atom. The number of rotatable bonds is 3. The fraction of sp³-hybridized carbons (Fsp3) is 0.400. The van der Waals surface area contributed by atoms with E-state index in [1.165, 1.54) is 0 Å². The molecule has 0 spiro atoms. The Balaban J connectivity index is 1.50. The van der Waals surface area contributed by atoms with Gasteiger partial charge in [0.05, 0.1) is 37.5 Å². The molecule has 0 unspecified atom stereocenters. The molecule has 10 heteroatoms. The SMILES string of the molecule is c1cnc2ccn(-c3nc4nc(N5CCOCC5)nc(N5CCOCC5)c4[nH]3)c2c1. The lowest BCUT2D eigenvalue weighted by Gasteiger charge is -2.30. The van der Waals surface area contributed by atoms with Crippen molar-refractivity contribution in [2.75, 3.05) is 62.4 Å². The first-order valence-corrected chi connectivity index (χ1v) is 10.2. The first kappa shape index (κ1) is 17.6. The van der Waals surface area contributed by atoms with Crippen LogP contribution in [0.3, 0.4) is 0 Å². The highest BCUT2D eigenvalue weighted by molar-refractivity contribution is 5.86. The topological polar surface area (TPSA) is 97.2 Å². The zero-order valence-corrected chi connectivity index (χ0v) is 16.5. The van der Waals surface area contributed by atoms with Crippen molar-refractivity contribution >= 4 is 34.0 Å². The average Bonchev–Trinajstić information content (AvgIpc) is 3.43. The zero-order chi connectivity index (χ0) is 19.9. The van der Waals surface area contributed by atoms with Crippen LogP contribution in [0.25, 0.3) is 28.1 Å². The number of aromatic nitrogens is 6. The minimum absolute atomic E-state index is 0.661. The molecule has 0 amide bonds. The highest BCUT2D eigenvalue weighted by Crippen LogP contribution is 2.28. The van der Waals surface area contributed by atoms with Crippen LogP contribution >= 0.6 is 0 Å². The van der Waals surface area contributed by atoms with Crippen LogP contribution in [0.4, 0.5) is 11.8 Å². The molecule has 2 saturated heterocycles. The summed E-state index contributed by atoms with van der Waals surface area (Å²) < 4.78 is 13.0. The first-order chi connectivity index (χ1) is 14.9. The number of H-pyrrole nitrogens is 1. The Bertz CT molecular complexity index is 1190. The fourth-order valence-corrected chi connectivity index (χ4v) is 4.03. The molecule has 4 aromatic heterocycles. The largest absolute Gasteiger partial charge is 0.378 e. The number of nitrogens with one attached hydrogen (secondary N) is 1. The van der Waals surface area contributed by atoms with Gasteiger partial charge in [-0.1, -0.05) is 0 Å². The van der Waals surface area contributed by atoms with Crippen LogP contribution in [-0.2, 0) is 9.47 Å². The Kier molecular flexibility index (Phi) is 4.24. The van der Waals surface area contributed by atoms with Crippen LogP contribution in [0.5, 0.6) is 0 Å². The number of ether oxygens (including phenoxy) is 2. The number of aromatic amines is 1. The van der Waals surface area contributed by atoms with Gasteiger partial charge in [0.2, 0.25) is 11.9 Å². The maximum Gasteiger partial charge on any atom is 0.229 e. The molecular formula is C20H22N8O2. The van der Waals surface area contributed by atoms with E-state index in [1.807, 2.05) is 29.0 Å². The van der Waals surface area contributed by atoms with Crippen molar-refractivity contribution in [1.82, 2.24) is 29.5 Å². The van der Waals surface area contributed by atoms with Gasteiger partial charge in [0.1, 0.15) is 5.52 Å². The van der Waals surface area contributed by atoms with E-state index in [1.54, 1.807) is 6.20 Å². The predicted molar refractivity (Wildman–Crippen MR) is 112 cm³/mol. The van der Waals surface area contributed by atoms with Gasteiger partial charge in [-0.05, 0) is 18.2 Å². The van der Waals surface area contributed by atoms with Gasteiger partial charge in [-0.15, -0.1) is 0 Å². The van der Waals surface area contributed by atoms with E-state index in [0.717, 1.165) is 48.5 Å². The van der Waals surface area contributed by atoms with E-state index in [-0.39, 0.29) is 0 Å². The number of hydrogen-bond acceptors (Lipinski definition) is 8. The fourth-order valence-electron chi connectivity index (χ4n) is 4.03. The Morgan fingerprint density at radius 2 is 1.63 bits per heavy atom. The van der Waals surface area contributed by atoms with Crippen LogP contribution < -0.4 is 9.80 Å². The van der Waals surface area contributed by atoms with Gasteiger partial charge >= 0.3 is 0 Å². The number of fused-ring (bicyclic) bond motifs is 2. The maximum atomic E-state index is 5.54. The molecule has 0 radical (unpaired) electrons. The van der Waals surface area contributed by atoms with Gasteiger partial charge in [-0.3, -0.25) is 9.55 Å². The van der Waals surface area contributed by atoms with E-state index < -0.39 is 0 Å². The molecule has 30 heavy (non-hydrogen) atoms. The van der Waals surface area contributed by atoms with Crippen LogP contribution in [0.2, 0.25) is 0 Å². The van der Waals surface area contributed by atoms with Crippen molar-refractivity contribution < 1.29 is 9.47 Å². The molecule has 154 valence electrons. The minimum atomic E-state index is 0.661. The molecule has 10 nitrogen and oxygen atoms in total. The highest BCUT2D eigenvalue weighted by atomic mass is 16.5. The number of imidazole rings is 1. The lowest BCUT2D eigenvalue weighted by Crippen LogP contribution is -2.39. The van der Waals surface area contributed by atoms with E-state index in [2.05, 4.69) is 19.8 Å². The lowest BCUT2D eigenvalue weighted by atomic mass is 10.3. The van der Waals surface area contributed by atoms with Gasteiger partial charge in [-0.2, -0.15) is 15.0 Å². The van der Waals surface area contributed by atoms with E-state index in [9.17, 15) is 0 Å². The summed E-state index contributed by atoms with van der Waals surface area (Å²) in [6, 6.07) is 5.94. The van der Waals surface area contributed by atoms with Crippen molar-refractivity contribution in [1.29, 1.82) is 0 Å². The van der Waals surface area contributed by atoms with Crippen LogP contribution in [0, 0.1) is 0 Å². The van der Waals surface area contributed by atoms with Crippen molar-refractivity contribution in [3.8, 4) is 5.95 Å². The zero-order valence-electron chi connectivity index (χ0n) is 16.5. The summed E-state index contributed by atoms with van der Waals surface area (Å²) in [5.74, 6) is 2.28. The molecule has 4 aromatic rings. The number of anilines is 2. The summed E-state index contributed by atoms with van der Waals surface area (Å²) in [5, 5.41) is 0. The standard InChI is InChI=1S/C20H22N8O2/c1-2-15-14(21-4-1)3-5-28(15)20-22-16-17(24-20)23-19(27-8-12-30-13-9-27)25-18(16)26-6-10-29-11-7-26/h1-5H,6-13H2,(H,22,23,24,25). The molecule has 0 saturated carbocycles. The van der Waals surface area contributed by atoms with Crippen LogP contribution in [0.1, 0.15) is 0 Å². The molecule has 0 atom stereocenters. The molecule has 2 fully saturated rings. The molecule has 0 aliphatic carbocycles. The summed E-state index contributed by atoms with van der Waals surface area (Å²) >= 11 is 0. The van der Waals surface area contributed by atoms with Gasteiger partial charge in [0.15, 0.2) is 11.5 Å². The molecule has 0 bridgehead atoms. The van der Waals surface area contributed by atoms with Crippen molar-refractivity contribution in [2.45, 2.75) is 0 Å². The van der Waals surface area contributed by atoms with E-state index in [0.29, 0.717) is 44.0 Å². The third-order valence-electron chi connectivity index (χ3n) is 5.60. The van der Waals surface area contributed by atoms with E-state index in [4.69, 9.17) is 24.4 Å². The molecular weight excluding hydrogens is 384 g/mol. The summed E-state index contributed by atoms with van der Waals surface area (Å²) in [4.78, 5) is 26.8. The highest BCUT2D eigenvalue weighted by Gasteiger charge is 2.23. The monoisotopic (exact) mass is 406 g/mol. The number of nitrogens with zero attached hydrogens (tertiary/aromatic N) is 7. The molecule has 1 N–H and O–H groups in total. The third-order valence-corrected chi connectivity index (χ3v) is 5.60.